The molecular weight excluding hydrogens is 456 g/mol. The molecule has 0 aromatic heterocycles. The van der Waals surface area contributed by atoms with Gasteiger partial charge < -0.3 is 9.64 Å². The number of thioether (sulfide) groups is 1. The summed E-state index contributed by atoms with van der Waals surface area (Å²) in [5.41, 5.74) is 4.89. The standard InChI is InChI=1S/C26H27ClN2O3S/c1-6-29-21-13-22(32-5)18(11-20(21)16(2)14-26(29,3)4)12-23-24(30)28(25(31)33-23)15-17-7-9-19(27)10-8-17/h7-14H,6,15H2,1-5H3/b23-12+. The number of methoxy groups -OCH3 is 1. The average molecular weight is 483 g/mol. The van der Waals surface area contributed by atoms with Crippen LogP contribution in [0.5, 0.6) is 5.75 Å². The van der Waals surface area contributed by atoms with Gasteiger partial charge in [-0.1, -0.05) is 29.8 Å². The predicted molar refractivity (Wildman–Crippen MR) is 137 cm³/mol. The molecule has 1 fully saturated rings. The number of allylic oxidation sites excluding steroid dienone is 1. The number of ether oxygens (including phenoxy) is 1. The van der Waals surface area contributed by atoms with Crippen LogP contribution in [0.2, 0.25) is 5.02 Å². The molecule has 2 aliphatic rings. The Morgan fingerprint density at radius 1 is 1.15 bits per heavy atom. The SMILES string of the molecule is CCN1c2cc(OC)c(/C=C3/SC(=O)N(Cc4ccc(Cl)cc4)C3=O)cc2C(C)=CC1(C)C. The van der Waals surface area contributed by atoms with Gasteiger partial charge in [0.15, 0.2) is 0 Å². The quantitative estimate of drug-likeness (QED) is 0.449. The average Bonchev–Trinajstić information content (AvgIpc) is 3.02. The van der Waals surface area contributed by atoms with Gasteiger partial charge in [0.05, 0.1) is 24.1 Å². The van der Waals surface area contributed by atoms with Gasteiger partial charge in [0.2, 0.25) is 0 Å². The molecule has 0 atom stereocenters. The van der Waals surface area contributed by atoms with Crippen molar-refractivity contribution < 1.29 is 14.3 Å². The minimum atomic E-state index is -0.302. The highest BCUT2D eigenvalue weighted by Gasteiger charge is 2.36. The Morgan fingerprint density at radius 3 is 2.48 bits per heavy atom. The summed E-state index contributed by atoms with van der Waals surface area (Å²) < 4.78 is 5.69. The Balaban J connectivity index is 1.69. The first kappa shape index (κ1) is 23.5. The van der Waals surface area contributed by atoms with E-state index in [2.05, 4.69) is 38.7 Å². The van der Waals surface area contributed by atoms with E-state index in [0.29, 0.717) is 15.7 Å². The van der Waals surface area contributed by atoms with E-state index in [-0.39, 0.29) is 23.2 Å². The third kappa shape index (κ3) is 4.42. The molecule has 0 aliphatic carbocycles. The van der Waals surface area contributed by atoms with Gasteiger partial charge in [-0.2, -0.15) is 0 Å². The third-order valence-electron chi connectivity index (χ3n) is 6.06. The fourth-order valence-corrected chi connectivity index (χ4v) is 5.49. The number of halogens is 1. The lowest BCUT2D eigenvalue weighted by Gasteiger charge is -2.43. The molecule has 4 rings (SSSR count). The largest absolute Gasteiger partial charge is 0.496 e. The van der Waals surface area contributed by atoms with Crippen LogP contribution in [0, 0.1) is 0 Å². The first-order chi connectivity index (χ1) is 15.6. The highest BCUT2D eigenvalue weighted by Crippen LogP contribution is 2.43. The molecule has 0 unspecified atom stereocenters. The van der Waals surface area contributed by atoms with Gasteiger partial charge in [-0.25, -0.2) is 0 Å². The summed E-state index contributed by atoms with van der Waals surface area (Å²) in [6, 6.07) is 11.2. The van der Waals surface area contributed by atoms with Crippen LogP contribution in [-0.4, -0.2) is 35.2 Å². The molecule has 7 heteroatoms. The molecule has 2 amide bonds. The zero-order chi connectivity index (χ0) is 23.9. The second-order valence-corrected chi connectivity index (χ2v) is 10.2. The Kier molecular flexibility index (Phi) is 6.34. The number of benzene rings is 2. The predicted octanol–water partition coefficient (Wildman–Crippen LogP) is 6.61. The third-order valence-corrected chi connectivity index (χ3v) is 7.22. The van der Waals surface area contributed by atoms with Crippen molar-refractivity contribution in [3.05, 3.63) is 69.1 Å². The van der Waals surface area contributed by atoms with Gasteiger partial charge in [0, 0.05) is 34.4 Å². The minimum Gasteiger partial charge on any atom is -0.496 e. The zero-order valence-corrected chi connectivity index (χ0v) is 21.0. The summed E-state index contributed by atoms with van der Waals surface area (Å²) in [4.78, 5) is 29.6. The van der Waals surface area contributed by atoms with E-state index in [1.807, 2.05) is 24.3 Å². The summed E-state index contributed by atoms with van der Waals surface area (Å²) in [7, 11) is 1.62. The molecule has 1 saturated heterocycles. The number of anilines is 1. The van der Waals surface area contributed by atoms with Crippen LogP contribution in [0.3, 0.4) is 0 Å². The van der Waals surface area contributed by atoms with E-state index in [1.54, 1.807) is 25.3 Å². The van der Waals surface area contributed by atoms with Crippen LogP contribution in [0.15, 0.2) is 47.4 Å². The smallest absolute Gasteiger partial charge is 0.293 e. The van der Waals surface area contributed by atoms with Crippen LogP contribution < -0.4 is 9.64 Å². The number of carbonyl (C=O) groups excluding carboxylic acids is 2. The van der Waals surface area contributed by atoms with Crippen molar-refractivity contribution in [1.29, 1.82) is 0 Å². The Hall–Kier alpha value is -2.70. The molecule has 0 N–H and O–H groups in total. The molecule has 2 aromatic carbocycles. The Morgan fingerprint density at radius 2 is 1.85 bits per heavy atom. The molecule has 0 bridgehead atoms. The number of carbonyl (C=O) groups is 2. The highest BCUT2D eigenvalue weighted by molar-refractivity contribution is 8.18. The van der Waals surface area contributed by atoms with E-state index in [4.69, 9.17) is 16.3 Å². The maximum absolute atomic E-state index is 13.1. The lowest BCUT2D eigenvalue weighted by molar-refractivity contribution is -0.123. The second kappa shape index (κ2) is 8.92. The molecule has 33 heavy (non-hydrogen) atoms. The van der Waals surface area contributed by atoms with Crippen molar-refractivity contribution in [3.8, 4) is 5.75 Å². The molecule has 0 saturated carbocycles. The first-order valence-electron chi connectivity index (χ1n) is 10.8. The van der Waals surface area contributed by atoms with E-state index < -0.39 is 0 Å². The number of fused-ring (bicyclic) bond motifs is 1. The summed E-state index contributed by atoms with van der Waals surface area (Å²) >= 11 is 6.90. The fourth-order valence-electron chi connectivity index (χ4n) is 4.54. The van der Waals surface area contributed by atoms with Gasteiger partial charge in [0.25, 0.3) is 11.1 Å². The van der Waals surface area contributed by atoms with Gasteiger partial charge >= 0.3 is 0 Å². The summed E-state index contributed by atoms with van der Waals surface area (Å²) in [6.45, 7) is 9.69. The summed E-state index contributed by atoms with van der Waals surface area (Å²) in [5, 5.41) is 0.328. The van der Waals surface area contributed by atoms with Gasteiger partial charge in [0.1, 0.15) is 5.75 Å². The first-order valence-corrected chi connectivity index (χ1v) is 12.0. The van der Waals surface area contributed by atoms with Crippen molar-refractivity contribution >= 4 is 51.8 Å². The maximum Gasteiger partial charge on any atom is 0.293 e. The Bertz CT molecular complexity index is 1180. The van der Waals surface area contributed by atoms with Gasteiger partial charge in [-0.15, -0.1) is 0 Å². The molecular formula is C26H27ClN2O3S. The number of rotatable bonds is 5. The van der Waals surface area contributed by atoms with Crippen LogP contribution in [-0.2, 0) is 11.3 Å². The second-order valence-electron chi connectivity index (χ2n) is 8.73. The molecule has 5 nitrogen and oxygen atoms in total. The number of nitrogens with zero attached hydrogens (tertiary/aromatic N) is 2. The van der Waals surface area contributed by atoms with E-state index in [9.17, 15) is 9.59 Å². The lowest BCUT2D eigenvalue weighted by Crippen LogP contribution is -2.44. The van der Waals surface area contributed by atoms with Crippen molar-refractivity contribution in [2.24, 2.45) is 0 Å². The van der Waals surface area contributed by atoms with Crippen molar-refractivity contribution in [3.63, 3.8) is 0 Å². The molecule has 2 heterocycles. The van der Waals surface area contributed by atoms with Crippen LogP contribution in [0.1, 0.15) is 44.4 Å². The number of likely N-dealkylation sites (N-methyl/N-ethyl adjacent to an activating group) is 1. The molecule has 2 aromatic rings. The topological polar surface area (TPSA) is 49.9 Å². The number of imide groups is 1. The van der Waals surface area contributed by atoms with Crippen molar-refractivity contribution in [2.45, 2.75) is 39.8 Å². The Labute approximate surface area is 204 Å². The number of hydrogen-bond acceptors (Lipinski definition) is 5. The summed E-state index contributed by atoms with van der Waals surface area (Å²) in [5.74, 6) is 0.366. The molecule has 0 radical (unpaired) electrons. The van der Waals surface area contributed by atoms with Crippen LogP contribution in [0.25, 0.3) is 11.6 Å². The normalized spacial score (nSPS) is 18.6. The van der Waals surface area contributed by atoms with E-state index in [0.717, 1.165) is 40.7 Å². The van der Waals surface area contributed by atoms with E-state index >= 15 is 0 Å². The highest BCUT2D eigenvalue weighted by atomic mass is 35.5. The molecule has 0 spiro atoms. The van der Waals surface area contributed by atoms with Crippen LogP contribution >= 0.6 is 23.4 Å². The van der Waals surface area contributed by atoms with E-state index in [1.165, 1.54) is 10.5 Å². The van der Waals surface area contributed by atoms with Gasteiger partial charge in [-0.05, 0) is 74.9 Å². The van der Waals surface area contributed by atoms with Crippen LogP contribution in [0.4, 0.5) is 10.5 Å². The maximum atomic E-state index is 13.1. The van der Waals surface area contributed by atoms with Gasteiger partial charge in [-0.3, -0.25) is 14.5 Å². The van der Waals surface area contributed by atoms with Crippen molar-refractivity contribution in [2.75, 3.05) is 18.6 Å². The molecule has 172 valence electrons. The summed E-state index contributed by atoms with van der Waals surface area (Å²) in [6.07, 6.45) is 4.02. The monoisotopic (exact) mass is 482 g/mol. The zero-order valence-electron chi connectivity index (χ0n) is 19.4. The number of hydrogen-bond donors (Lipinski definition) is 0. The van der Waals surface area contributed by atoms with Crippen molar-refractivity contribution in [1.82, 2.24) is 4.90 Å². The molecule has 2 aliphatic heterocycles. The lowest BCUT2D eigenvalue weighted by atomic mass is 9.87. The minimum absolute atomic E-state index is 0.108. The number of amides is 2. The fraction of sp³-hybridized carbons (Fsp3) is 0.308.